The first-order valence-electron chi connectivity index (χ1n) is 6.54. The zero-order valence-electron chi connectivity index (χ0n) is 11.4. The van der Waals surface area contributed by atoms with Crippen LogP contribution in [0.15, 0.2) is 35.3 Å². The van der Waals surface area contributed by atoms with Crippen molar-refractivity contribution in [1.82, 2.24) is 4.98 Å². The van der Waals surface area contributed by atoms with E-state index in [0.29, 0.717) is 36.1 Å². The standard InChI is InChI=1S/C15H14N2O4/c1-9-6-12(18)11(8-16-9)15(19)17-10-2-3-13-14(7-10)21-5-4-20-13/h2-3,6-8H,4-5H2,1H3,(H,16,18)(H,17,19). The number of aromatic amines is 1. The van der Waals surface area contributed by atoms with E-state index in [4.69, 9.17) is 9.47 Å². The van der Waals surface area contributed by atoms with Gasteiger partial charge in [0.25, 0.3) is 5.91 Å². The van der Waals surface area contributed by atoms with Crippen molar-refractivity contribution in [2.75, 3.05) is 18.5 Å². The van der Waals surface area contributed by atoms with E-state index in [2.05, 4.69) is 10.3 Å². The maximum absolute atomic E-state index is 12.1. The number of amides is 1. The van der Waals surface area contributed by atoms with Crippen LogP contribution >= 0.6 is 0 Å². The number of hydrogen-bond acceptors (Lipinski definition) is 4. The van der Waals surface area contributed by atoms with Crippen molar-refractivity contribution in [2.45, 2.75) is 6.92 Å². The van der Waals surface area contributed by atoms with Gasteiger partial charge in [0, 0.05) is 29.7 Å². The summed E-state index contributed by atoms with van der Waals surface area (Å²) in [6.45, 7) is 2.74. The molecule has 21 heavy (non-hydrogen) atoms. The van der Waals surface area contributed by atoms with Crippen LogP contribution in [0.25, 0.3) is 0 Å². The van der Waals surface area contributed by atoms with E-state index < -0.39 is 5.91 Å². The van der Waals surface area contributed by atoms with Gasteiger partial charge < -0.3 is 19.8 Å². The summed E-state index contributed by atoms with van der Waals surface area (Å²) in [6.07, 6.45) is 1.41. The number of carbonyl (C=O) groups is 1. The monoisotopic (exact) mass is 286 g/mol. The molecule has 0 spiro atoms. The lowest BCUT2D eigenvalue weighted by Gasteiger charge is -2.18. The van der Waals surface area contributed by atoms with Crippen molar-refractivity contribution in [2.24, 2.45) is 0 Å². The molecule has 0 unspecified atom stereocenters. The maximum atomic E-state index is 12.1. The summed E-state index contributed by atoms with van der Waals surface area (Å²) in [4.78, 5) is 26.7. The van der Waals surface area contributed by atoms with Crippen LogP contribution in [0.3, 0.4) is 0 Å². The van der Waals surface area contributed by atoms with Gasteiger partial charge in [-0.05, 0) is 19.1 Å². The van der Waals surface area contributed by atoms with Crippen molar-refractivity contribution in [3.05, 3.63) is 51.9 Å². The number of ether oxygens (including phenoxy) is 2. The Morgan fingerprint density at radius 1 is 1.19 bits per heavy atom. The molecule has 3 rings (SSSR count). The molecule has 0 aliphatic carbocycles. The summed E-state index contributed by atoms with van der Waals surface area (Å²) < 4.78 is 10.9. The summed E-state index contributed by atoms with van der Waals surface area (Å²) in [5, 5.41) is 2.67. The summed E-state index contributed by atoms with van der Waals surface area (Å²) in [5.41, 5.74) is 0.997. The highest BCUT2D eigenvalue weighted by molar-refractivity contribution is 6.04. The molecule has 1 aliphatic heterocycles. The van der Waals surface area contributed by atoms with E-state index in [1.165, 1.54) is 12.3 Å². The molecule has 2 aromatic rings. The molecule has 0 bridgehead atoms. The van der Waals surface area contributed by atoms with Gasteiger partial charge >= 0.3 is 0 Å². The van der Waals surface area contributed by atoms with E-state index in [0.717, 1.165) is 0 Å². The van der Waals surface area contributed by atoms with Gasteiger partial charge in [-0.1, -0.05) is 0 Å². The summed E-state index contributed by atoms with van der Waals surface area (Å²) in [7, 11) is 0. The molecule has 1 aromatic heterocycles. The normalized spacial score (nSPS) is 12.8. The van der Waals surface area contributed by atoms with Gasteiger partial charge in [-0.3, -0.25) is 9.59 Å². The number of fused-ring (bicyclic) bond motifs is 1. The van der Waals surface area contributed by atoms with Gasteiger partial charge in [0.05, 0.1) is 0 Å². The molecule has 6 heteroatoms. The number of H-pyrrole nitrogens is 1. The number of pyridine rings is 1. The van der Waals surface area contributed by atoms with Crippen LogP contribution in [-0.2, 0) is 0 Å². The zero-order chi connectivity index (χ0) is 14.8. The summed E-state index contributed by atoms with van der Waals surface area (Å²) in [5.74, 6) is 0.761. The van der Waals surface area contributed by atoms with Crippen LogP contribution in [-0.4, -0.2) is 24.1 Å². The largest absolute Gasteiger partial charge is 0.486 e. The van der Waals surface area contributed by atoms with Crippen LogP contribution in [0.2, 0.25) is 0 Å². The molecule has 2 N–H and O–H groups in total. The lowest BCUT2D eigenvalue weighted by molar-refractivity contribution is 0.102. The smallest absolute Gasteiger partial charge is 0.261 e. The van der Waals surface area contributed by atoms with Crippen LogP contribution in [0, 0.1) is 6.92 Å². The number of aryl methyl sites for hydroxylation is 1. The van der Waals surface area contributed by atoms with Crippen LogP contribution in [0.1, 0.15) is 16.1 Å². The minimum Gasteiger partial charge on any atom is -0.486 e. The van der Waals surface area contributed by atoms with Gasteiger partial charge in [-0.15, -0.1) is 0 Å². The Morgan fingerprint density at radius 2 is 1.95 bits per heavy atom. The third kappa shape index (κ3) is 2.74. The molecule has 0 fully saturated rings. The zero-order valence-corrected chi connectivity index (χ0v) is 11.4. The maximum Gasteiger partial charge on any atom is 0.261 e. The van der Waals surface area contributed by atoms with Gasteiger partial charge in [-0.25, -0.2) is 0 Å². The number of hydrogen-bond donors (Lipinski definition) is 2. The molecule has 6 nitrogen and oxygen atoms in total. The average molecular weight is 286 g/mol. The Balaban J connectivity index is 1.83. The molecular formula is C15H14N2O4. The minimum absolute atomic E-state index is 0.0653. The van der Waals surface area contributed by atoms with E-state index >= 15 is 0 Å². The molecule has 0 saturated heterocycles. The second kappa shape index (κ2) is 5.32. The Bertz CT molecular complexity index is 752. The Morgan fingerprint density at radius 3 is 2.71 bits per heavy atom. The second-order valence-corrected chi connectivity index (χ2v) is 4.71. The van der Waals surface area contributed by atoms with Crippen LogP contribution < -0.4 is 20.2 Å². The predicted molar refractivity (Wildman–Crippen MR) is 77.2 cm³/mol. The second-order valence-electron chi connectivity index (χ2n) is 4.71. The fourth-order valence-corrected chi connectivity index (χ4v) is 2.07. The van der Waals surface area contributed by atoms with E-state index in [9.17, 15) is 9.59 Å². The lowest BCUT2D eigenvalue weighted by Crippen LogP contribution is -2.22. The lowest BCUT2D eigenvalue weighted by atomic mass is 10.2. The van der Waals surface area contributed by atoms with Gasteiger partial charge in [-0.2, -0.15) is 0 Å². The molecule has 0 atom stereocenters. The van der Waals surface area contributed by atoms with E-state index in [-0.39, 0.29) is 11.0 Å². The highest BCUT2D eigenvalue weighted by Crippen LogP contribution is 2.32. The quantitative estimate of drug-likeness (QED) is 0.880. The third-order valence-electron chi connectivity index (χ3n) is 3.10. The predicted octanol–water partition coefficient (Wildman–Crippen LogP) is 1.71. The Kier molecular flexibility index (Phi) is 3.35. The molecule has 108 valence electrons. The Labute approximate surface area is 120 Å². The summed E-state index contributed by atoms with van der Waals surface area (Å²) in [6, 6.07) is 6.49. The fourth-order valence-electron chi connectivity index (χ4n) is 2.07. The fraction of sp³-hybridized carbons (Fsp3) is 0.200. The number of carbonyl (C=O) groups excluding carboxylic acids is 1. The van der Waals surface area contributed by atoms with Crippen LogP contribution in [0.4, 0.5) is 5.69 Å². The minimum atomic E-state index is -0.465. The summed E-state index contributed by atoms with van der Waals surface area (Å²) >= 11 is 0. The van der Waals surface area contributed by atoms with Crippen molar-refractivity contribution in [3.63, 3.8) is 0 Å². The van der Waals surface area contributed by atoms with Gasteiger partial charge in [0.1, 0.15) is 18.8 Å². The van der Waals surface area contributed by atoms with Crippen molar-refractivity contribution in [1.29, 1.82) is 0 Å². The van der Waals surface area contributed by atoms with E-state index in [1.807, 2.05) is 0 Å². The number of aromatic nitrogens is 1. The van der Waals surface area contributed by atoms with Crippen molar-refractivity contribution >= 4 is 11.6 Å². The molecule has 1 aliphatic rings. The highest BCUT2D eigenvalue weighted by Gasteiger charge is 2.14. The average Bonchev–Trinajstić information content (AvgIpc) is 2.47. The SMILES string of the molecule is Cc1cc(=O)c(C(=O)Nc2ccc3c(c2)OCCO3)c[nH]1. The third-order valence-corrected chi connectivity index (χ3v) is 3.10. The van der Waals surface area contributed by atoms with Gasteiger partial charge in [0.2, 0.25) is 0 Å². The molecular weight excluding hydrogens is 272 g/mol. The molecule has 2 heterocycles. The first kappa shape index (κ1) is 13.2. The first-order valence-corrected chi connectivity index (χ1v) is 6.54. The number of rotatable bonds is 2. The number of anilines is 1. The molecule has 1 aromatic carbocycles. The Hall–Kier alpha value is -2.76. The highest BCUT2D eigenvalue weighted by atomic mass is 16.6. The van der Waals surface area contributed by atoms with E-state index in [1.54, 1.807) is 25.1 Å². The van der Waals surface area contributed by atoms with Crippen molar-refractivity contribution < 1.29 is 14.3 Å². The first-order chi connectivity index (χ1) is 10.1. The molecule has 0 saturated carbocycles. The number of nitrogens with one attached hydrogen (secondary N) is 2. The topological polar surface area (TPSA) is 80.4 Å². The number of benzene rings is 1. The van der Waals surface area contributed by atoms with Gasteiger partial charge in [0.15, 0.2) is 16.9 Å². The van der Waals surface area contributed by atoms with Crippen molar-refractivity contribution in [3.8, 4) is 11.5 Å². The molecule has 1 amide bonds. The van der Waals surface area contributed by atoms with Crippen LogP contribution in [0.5, 0.6) is 11.5 Å². The molecule has 0 radical (unpaired) electrons.